The Balaban J connectivity index is 0.00000242. The van der Waals surface area contributed by atoms with Gasteiger partial charge in [0.2, 0.25) is 0 Å². The van der Waals surface area contributed by atoms with E-state index in [1.54, 1.807) is 11.3 Å². The second-order valence-electron chi connectivity index (χ2n) is 4.45. The highest BCUT2D eigenvalue weighted by molar-refractivity contribution is 14.0. The molecule has 0 saturated heterocycles. The predicted octanol–water partition coefficient (Wildman–Crippen LogP) is 4.21. The van der Waals surface area contributed by atoms with Crippen molar-refractivity contribution in [2.24, 2.45) is 4.99 Å². The molecule has 0 unspecified atom stereocenters. The van der Waals surface area contributed by atoms with Gasteiger partial charge < -0.3 is 10.6 Å². The minimum absolute atomic E-state index is 0. The summed E-state index contributed by atoms with van der Waals surface area (Å²) in [6.07, 6.45) is 1.11. The molecule has 1 aromatic carbocycles. The molecule has 0 saturated carbocycles. The fourth-order valence-corrected chi connectivity index (χ4v) is 3.31. The van der Waals surface area contributed by atoms with Crippen molar-refractivity contribution < 1.29 is 0 Å². The van der Waals surface area contributed by atoms with Gasteiger partial charge >= 0.3 is 0 Å². The molecule has 2 N–H and O–H groups in total. The van der Waals surface area contributed by atoms with Gasteiger partial charge in [0.05, 0.1) is 6.54 Å². The minimum Gasteiger partial charge on any atom is -0.356 e. The number of aliphatic imine (C=N–C) groups is 1. The minimum atomic E-state index is 0. The molecule has 0 radical (unpaired) electrons. The number of thioether (sulfide) groups is 1. The maximum absolute atomic E-state index is 4.24. The van der Waals surface area contributed by atoms with Gasteiger partial charge in [0.25, 0.3) is 0 Å². The number of rotatable bonds is 7. The van der Waals surface area contributed by atoms with Gasteiger partial charge in [0, 0.05) is 23.4 Å². The monoisotopic (exact) mass is 447 g/mol. The molecule has 22 heavy (non-hydrogen) atoms. The average Bonchev–Trinajstić information content (AvgIpc) is 3.04. The summed E-state index contributed by atoms with van der Waals surface area (Å²) in [7, 11) is 1.81. The second-order valence-corrected chi connectivity index (χ2v) is 6.65. The summed E-state index contributed by atoms with van der Waals surface area (Å²) in [6, 6.07) is 14.7. The van der Waals surface area contributed by atoms with Crippen molar-refractivity contribution in [1.29, 1.82) is 0 Å². The number of hydrogen-bond donors (Lipinski definition) is 2. The highest BCUT2D eigenvalue weighted by Crippen LogP contribution is 2.17. The largest absolute Gasteiger partial charge is 0.356 e. The summed E-state index contributed by atoms with van der Waals surface area (Å²) in [5, 5.41) is 8.76. The third-order valence-electron chi connectivity index (χ3n) is 2.86. The molecule has 1 aromatic heterocycles. The van der Waals surface area contributed by atoms with Crippen LogP contribution in [0, 0.1) is 0 Å². The van der Waals surface area contributed by atoms with Gasteiger partial charge in [0.1, 0.15) is 0 Å². The van der Waals surface area contributed by atoms with Crippen LogP contribution in [0.5, 0.6) is 0 Å². The molecule has 0 bridgehead atoms. The number of hydrogen-bond acceptors (Lipinski definition) is 3. The van der Waals surface area contributed by atoms with Crippen LogP contribution in [0.3, 0.4) is 0 Å². The van der Waals surface area contributed by atoms with Crippen LogP contribution in [0.2, 0.25) is 0 Å². The van der Waals surface area contributed by atoms with Gasteiger partial charge in [-0.05, 0) is 35.8 Å². The van der Waals surface area contributed by atoms with E-state index < -0.39 is 0 Å². The summed E-state index contributed by atoms with van der Waals surface area (Å²) < 4.78 is 0. The molecule has 0 aliphatic heterocycles. The molecule has 0 aliphatic carbocycles. The highest BCUT2D eigenvalue weighted by Gasteiger charge is 1.99. The summed E-state index contributed by atoms with van der Waals surface area (Å²) in [5.74, 6) is 1.98. The number of thiophene rings is 1. The standard InChI is InChI=1S/C16H21N3S2.HI/c1-17-16(19-13-15-9-5-11-21-15)18-10-6-12-20-14-7-3-2-4-8-14;/h2-5,7-9,11H,6,10,12-13H2,1H3,(H2,17,18,19);1H. The SMILES string of the molecule is CN=C(NCCCSc1ccccc1)NCc1cccs1.I. The first-order chi connectivity index (χ1) is 10.4. The van der Waals surface area contributed by atoms with E-state index in [-0.39, 0.29) is 24.0 Å². The van der Waals surface area contributed by atoms with E-state index >= 15 is 0 Å². The number of benzene rings is 1. The molecule has 2 rings (SSSR count). The molecule has 1 heterocycles. The third-order valence-corrected chi connectivity index (χ3v) is 4.83. The highest BCUT2D eigenvalue weighted by atomic mass is 127. The van der Waals surface area contributed by atoms with Crippen LogP contribution in [0.15, 0.2) is 57.7 Å². The average molecular weight is 447 g/mol. The predicted molar refractivity (Wildman–Crippen MR) is 110 cm³/mol. The maximum atomic E-state index is 4.24. The van der Waals surface area contributed by atoms with E-state index in [0.717, 1.165) is 31.2 Å². The Morgan fingerprint density at radius 2 is 1.95 bits per heavy atom. The molecule has 2 aromatic rings. The van der Waals surface area contributed by atoms with Crippen LogP contribution in [0.25, 0.3) is 0 Å². The molecule has 120 valence electrons. The normalized spacial score (nSPS) is 10.9. The molecule has 0 atom stereocenters. The Bertz CT molecular complexity index is 530. The lowest BCUT2D eigenvalue weighted by Gasteiger charge is -2.11. The molecule has 0 aliphatic rings. The Kier molecular flexibility index (Phi) is 10.3. The first kappa shape index (κ1) is 19.3. The zero-order valence-electron chi connectivity index (χ0n) is 12.6. The Morgan fingerprint density at radius 1 is 1.14 bits per heavy atom. The molecule has 0 amide bonds. The number of halogens is 1. The van der Waals surface area contributed by atoms with Crippen molar-refractivity contribution in [3.8, 4) is 0 Å². The second kappa shape index (κ2) is 11.8. The molecule has 6 heteroatoms. The third kappa shape index (κ3) is 7.51. The number of nitrogens with one attached hydrogen (secondary N) is 2. The molecule has 0 spiro atoms. The molecule has 0 fully saturated rings. The fraction of sp³-hybridized carbons (Fsp3) is 0.312. The lowest BCUT2D eigenvalue weighted by atomic mass is 10.4. The first-order valence-corrected chi connectivity index (χ1v) is 8.90. The first-order valence-electron chi connectivity index (χ1n) is 7.03. The smallest absolute Gasteiger partial charge is 0.191 e. The van der Waals surface area contributed by atoms with E-state index in [2.05, 4.69) is 63.5 Å². The van der Waals surface area contributed by atoms with Crippen LogP contribution in [-0.4, -0.2) is 25.3 Å². The topological polar surface area (TPSA) is 36.4 Å². The van der Waals surface area contributed by atoms with E-state index in [0.29, 0.717) is 0 Å². The Hall–Kier alpha value is -0.730. The van der Waals surface area contributed by atoms with Crippen LogP contribution >= 0.6 is 47.1 Å². The summed E-state index contributed by atoms with van der Waals surface area (Å²) in [4.78, 5) is 6.88. The number of guanidine groups is 1. The van der Waals surface area contributed by atoms with Crippen LogP contribution in [0.4, 0.5) is 0 Å². The molecular formula is C16H22IN3S2. The van der Waals surface area contributed by atoms with E-state index in [1.165, 1.54) is 9.77 Å². The molecular weight excluding hydrogens is 425 g/mol. The van der Waals surface area contributed by atoms with E-state index in [1.807, 2.05) is 18.8 Å². The molecule has 3 nitrogen and oxygen atoms in total. The van der Waals surface area contributed by atoms with Gasteiger partial charge in [-0.3, -0.25) is 4.99 Å². The van der Waals surface area contributed by atoms with Crippen molar-refractivity contribution in [2.75, 3.05) is 19.3 Å². The van der Waals surface area contributed by atoms with Gasteiger partial charge in [-0.15, -0.1) is 47.1 Å². The van der Waals surface area contributed by atoms with Crippen LogP contribution in [-0.2, 0) is 6.54 Å². The lowest BCUT2D eigenvalue weighted by molar-refractivity contribution is 0.789. The van der Waals surface area contributed by atoms with Gasteiger partial charge in [0.15, 0.2) is 5.96 Å². The lowest BCUT2D eigenvalue weighted by Crippen LogP contribution is -2.37. The summed E-state index contributed by atoms with van der Waals surface area (Å²) in [5.41, 5.74) is 0. The van der Waals surface area contributed by atoms with Crippen molar-refractivity contribution in [2.45, 2.75) is 17.9 Å². The Morgan fingerprint density at radius 3 is 2.64 bits per heavy atom. The van der Waals surface area contributed by atoms with Crippen LogP contribution in [0.1, 0.15) is 11.3 Å². The van der Waals surface area contributed by atoms with Crippen molar-refractivity contribution >= 4 is 53.0 Å². The van der Waals surface area contributed by atoms with Gasteiger partial charge in [-0.1, -0.05) is 24.3 Å². The van der Waals surface area contributed by atoms with Gasteiger partial charge in [-0.2, -0.15) is 0 Å². The van der Waals surface area contributed by atoms with E-state index in [9.17, 15) is 0 Å². The van der Waals surface area contributed by atoms with Crippen molar-refractivity contribution in [3.63, 3.8) is 0 Å². The Labute approximate surface area is 158 Å². The zero-order valence-corrected chi connectivity index (χ0v) is 16.6. The van der Waals surface area contributed by atoms with Gasteiger partial charge in [-0.25, -0.2) is 0 Å². The summed E-state index contributed by atoms with van der Waals surface area (Å²) in [6.45, 7) is 1.76. The number of nitrogens with zero attached hydrogens (tertiary/aromatic N) is 1. The van der Waals surface area contributed by atoms with E-state index in [4.69, 9.17) is 0 Å². The van der Waals surface area contributed by atoms with Crippen LogP contribution < -0.4 is 10.6 Å². The fourth-order valence-electron chi connectivity index (χ4n) is 1.79. The zero-order chi connectivity index (χ0) is 14.8. The maximum Gasteiger partial charge on any atom is 0.191 e. The van der Waals surface area contributed by atoms with Crippen molar-refractivity contribution in [1.82, 2.24) is 10.6 Å². The quantitative estimate of drug-likeness (QED) is 0.220. The summed E-state index contributed by atoms with van der Waals surface area (Å²) >= 11 is 3.65. The van der Waals surface area contributed by atoms with Crippen molar-refractivity contribution in [3.05, 3.63) is 52.7 Å².